The van der Waals surface area contributed by atoms with Crippen LogP contribution in [0, 0.1) is 0 Å². The van der Waals surface area contributed by atoms with Crippen LogP contribution in [0.1, 0.15) is 37.7 Å². The SMILES string of the molecule is O=C(/C=C/c1ccccc1)N(c1nccs1)C1CCCCC1. The van der Waals surface area contributed by atoms with E-state index in [9.17, 15) is 4.79 Å². The summed E-state index contributed by atoms with van der Waals surface area (Å²) in [4.78, 5) is 19.0. The van der Waals surface area contributed by atoms with Crippen LogP contribution < -0.4 is 4.90 Å². The van der Waals surface area contributed by atoms with Gasteiger partial charge in [0.15, 0.2) is 5.13 Å². The van der Waals surface area contributed by atoms with Crippen LogP contribution in [-0.4, -0.2) is 16.9 Å². The van der Waals surface area contributed by atoms with E-state index in [-0.39, 0.29) is 11.9 Å². The number of benzene rings is 1. The fourth-order valence-electron chi connectivity index (χ4n) is 2.92. The summed E-state index contributed by atoms with van der Waals surface area (Å²) in [5.41, 5.74) is 1.04. The molecule has 1 aliphatic carbocycles. The molecule has 0 unspecified atom stereocenters. The van der Waals surface area contributed by atoms with E-state index < -0.39 is 0 Å². The average Bonchev–Trinajstić information content (AvgIpc) is 3.09. The Morgan fingerprint density at radius 3 is 2.64 bits per heavy atom. The first-order valence-corrected chi connectivity index (χ1v) is 8.68. The molecule has 0 saturated heterocycles. The lowest BCUT2D eigenvalue weighted by Crippen LogP contribution is -2.40. The summed E-state index contributed by atoms with van der Waals surface area (Å²) in [5.74, 6) is 0.0331. The zero-order chi connectivity index (χ0) is 15.2. The lowest BCUT2D eigenvalue weighted by Gasteiger charge is -2.31. The predicted molar refractivity (Wildman–Crippen MR) is 91.9 cm³/mol. The number of aromatic nitrogens is 1. The number of rotatable bonds is 4. The molecule has 1 saturated carbocycles. The molecule has 2 aromatic rings. The largest absolute Gasteiger partial charge is 0.281 e. The molecule has 0 radical (unpaired) electrons. The molecule has 1 fully saturated rings. The lowest BCUT2D eigenvalue weighted by molar-refractivity contribution is -0.114. The Labute approximate surface area is 135 Å². The molecule has 1 aromatic carbocycles. The van der Waals surface area contributed by atoms with Gasteiger partial charge in [0.25, 0.3) is 5.91 Å². The number of hydrogen-bond acceptors (Lipinski definition) is 3. The third-order valence-corrected chi connectivity index (χ3v) is 4.79. The van der Waals surface area contributed by atoms with Crippen molar-refractivity contribution in [2.75, 3.05) is 4.90 Å². The molecular weight excluding hydrogens is 292 g/mol. The van der Waals surface area contributed by atoms with Gasteiger partial charge >= 0.3 is 0 Å². The molecule has 1 amide bonds. The van der Waals surface area contributed by atoms with Crippen LogP contribution in [0.4, 0.5) is 5.13 Å². The molecule has 1 aromatic heterocycles. The summed E-state index contributed by atoms with van der Waals surface area (Å²) >= 11 is 1.53. The number of amides is 1. The highest BCUT2D eigenvalue weighted by atomic mass is 32.1. The van der Waals surface area contributed by atoms with Gasteiger partial charge in [-0.25, -0.2) is 4.98 Å². The molecule has 4 heteroatoms. The predicted octanol–water partition coefficient (Wildman–Crippen LogP) is 4.52. The Hall–Kier alpha value is -1.94. The third kappa shape index (κ3) is 3.63. The molecule has 0 atom stereocenters. The summed E-state index contributed by atoms with van der Waals surface area (Å²) in [5, 5.41) is 2.74. The van der Waals surface area contributed by atoms with Gasteiger partial charge in [-0.3, -0.25) is 9.69 Å². The zero-order valence-electron chi connectivity index (χ0n) is 12.5. The minimum Gasteiger partial charge on any atom is -0.281 e. The van der Waals surface area contributed by atoms with Crippen molar-refractivity contribution in [3.8, 4) is 0 Å². The van der Waals surface area contributed by atoms with Gasteiger partial charge in [0.05, 0.1) is 0 Å². The number of hydrogen-bond donors (Lipinski definition) is 0. The smallest absolute Gasteiger partial charge is 0.253 e. The van der Waals surface area contributed by atoms with Crippen molar-refractivity contribution in [3.63, 3.8) is 0 Å². The van der Waals surface area contributed by atoms with Gasteiger partial charge in [0, 0.05) is 23.7 Å². The Balaban J connectivity index is 1.79. The van der Waals surface area contributed by atoms with E-state index in [1.807, 2.05) is 46.7 Å². The van der Waals surface area contributed by atoms with Crippen LogP contribution in [0.3, 0.4) is 0 Å². The molecule has 0 N–H and O–H groups in total. The monoisotopic (exact) mass is 312 g/mol. The van der Waals surface area contributed by atoms with Gasteiger partial charge in [-0.2, -0.15) is 0 Å². The Morgan fingerprint density at radius 1 is 1.18 bits per heavy atom. The minimum atomic E-state index is 0.0331. The van der Waals surface area contributed by atoms with Gasteiger partial charge < -0.3 is 0 Å². The lowest BCUT2D eigenvalue weighted by atomic mass is 9.94. The summed E-state index contributed by atoms with van der Waals surface area (Å²) in [6.45, 7) is 0. The maximum absolute atomic E-state index is 12.7. The Kier molecular flexibility index (Phi) is 5.01. The van der Waals surface area contributed by atoms with Gasteiger partial charge in [0.1, 0.15) is 0 Å². The second-order valence-corrected chi connectivity index (χ2v) is 6.43. The maximum Gasteiger partial charge on any atom is 0.253 e. The third-order valence-electron chi connectivity index (χ3n) is 4.02. The highest BCUT2D eigenvalue weighted by Crippen LogP contribution is 2.29. The van der Waals surface area contributed by atoms with E-state index in [0.717, 1.165) is 23.5 Å². The van der Waals surface area contributed by atoms with Crippen molar-refractivity contribution >= 4 is 28.5 Å². The van der Waals surface area contributed by atoms with E-state index >= 15 is 0 Å². The van der Waals surface area contributed by atoms with E-state index in [0.29, 0.717) is 0 Å². The number of carbonyl (C=O) groups is 1. The number of anilines is 1. The molecule has 0 spiro atoms. The maximum atomic E-state index is 12.7. The first-order chi connectivity index (χ1) is 10.8. The standard InChI is InChI=1S/C18H20N2OS/c21-17(12-11-15-7-3-1-4-8-15)20(18-19-13-14-22-18)16-9-5-2-6-10-16/h1,3-4,7-8,11-14,16H,2,5-6,9-10H2/b12-11+. The van der Waals surface area contributed by atoms with Crippen molar-refractivity contribution in [2.45, 2.75) is 38.1 Å². The van der Waals surface area contributed by atoms with Gasteiger partial charge in [-0.1, -0.05) is 49.6 Å². The molecular formula is C18H20N2OS. The van der Waals surface area contributed by atoms with Gasteiger partial charge in [-0.05, 0) is 24.5 Å². The molecule has 0 aliphatic heterocycles. The van der Waals surface area contributed by atoms with Crippen LogP contribution in [0.15, 0.2) is 48.0 Å². The van der Waals surface area contributed by atoms with Crippen LogP contribution in [0.25, 0.3) is 6.08 Å². The second kappa shape index (κ2) is 7.36. The topological polar surface area (TPSA) is 33.2 Å². The van der Waals surface area contributed by atoms with Gasteiger partial charge in [-0.15, -0.1) is 11.3 Å². The molecule has 3 nitrogen and oxygen atoms in total. The number of nitrogens with zero attached hydrogens (tertiary/aromatic N) is 2. The van der Waals surface area contributed by atoms with Crippen LogP contribution in [0.2, 0.25) is 0 Å². The van der Waals surface area contributed by atoms with Crippen LogP contribution in [-0.2, 0) is 4.79 Å². The van der Waals surface area contributed by atoms with E-state index in [4.69, 9.17) is 0 Å². The summed E-state index contributed by atoms with van der Waals surface area (Å²) < 4.78 is 0. The molecule has 22 heavy (non-hydrogen) atoms. The summed E-state index contributed by atoms with van der Waals surface area (Å²) in [6.07, 6.45) is 11.1. The summed E-state index contributed by atoms with van der Waals surface area (Å²) in [7, 11) is 0. The van der Waals surface area contributed by atoms with Crippen LogP contribution in [0.5, 0.6) is 0 Å². The molecule has 3 rings (SSSR count). The second-order valence-electron chi connectivity index (χ2n) is 5.56. The normalized spacial score (nSPS) is 16.0. The minimum absolute atomic E-state index is 0.0331. The van der Waals surface area contributed by atoms with Crippen molar-refractivity contribution in [1.82, 2.24) is 4.98 Å². The quantitative estimate of drug-likeness (QED) is 0.778. The summed E-state index contributed by atoms with van der Waals surface area (Å²) in [6, 6.07) is 10.2. The Bertz CT molecular complexity index is 616. The molecule has 1 heterocycles. The average molecular weight is 312 g/mol. The molecule has 0 bridgehead atoms. The fraction of sp³-hybridized carbons (Fsp3) is 0.333. The van der Waals surface area contributed by atoms with Crippen LogP contribution >= 0.6 is 11.3 Å². The zero-order valence-corrected chi connectivity index (χ0v) is 13.3. The number of carbonyl (C=O) groups excluding carboxylic acids is 1. The first-order valence-electron chi connectivity index (χ1n) is 7.80. The first kappa shape index (κ1) is 15.0. The highest BCUT2D eigenvalue weighted by Gasteiger charge is 2.27. The van der Waals surface area contributed by atoms with Gasteiger partial charge in [0.2, 0.25) is 0 Å². The molecule has 1 aliphatic rings. The molecule has 114 valence electrons. The Morgan fingerprint density at radius 2 is 1.95 bits per heavy atom. The van der Waals surface area contributed by atoms with Crippen molar-refractivity contribution < 1.29 is 4.79 Å². The fourth-order valence-corrected chi connectivity index (χ4v) is 3.63. The highest BCUT2D eigenvalue weighted by molar-refractivity contribution is 7.13. The van der Waals surface area contributed by atoms with E-state index in [1.54, 1.807) is 12.3 Å². The van der Waals surface area contributed by atoms with Crippen molar-refractivity contribution in [1.29, 1.82) is 0 Å². The number of thiazole rings is 1. The van der Waals surface area contributed by atoms with E-state index in [1.165, 1.54) is 30.6 Å². The van der Waals surface area contributed by atoms with Crippen molar-refractivity contribution in [2.24, 2.45) is 0 Å². The van der Waals surface area contributed by atoms with Crippen molar-refractivity contribution in [3.05, 3.63) is 53.5 Å². The van der Waals surface area contributed by atoms with E-state index in [2.05, 4.69) is 4.98 Å².